The first-order chi connectivity index (χ1) is 7.09. The van der Waals surface area contributed by atoms with Gasteiger partial charge >= 0.3 is 0 Å². The Labute approximate surface area is 96.3 Å². The van der Waals surface area contributed by atoms with Gasteiger partial charge in [0.1, 0.15) is 5.69 Å². The molecule has 0 aliphatic carbocycles. The van der Waals surface area contributed by atoms with Crippen molar-refractivity contribution in [3.63, 3.8) is 0 Å². The fourth-order valence-corrected chi connectivity index (χ4v) is 2.33. The lowest BCUT2D eigenvalue weighted by atomic mass is 10.2. The van der Waals surface area contributed by atoms with Gasteiger partial charge in [0, 0.05) is 12.7 Å². The SMILES string of the molecule is Cc1cc(C(=O)c2sccc2Cl)nn1C. The van der Waals surface area contributed by atoms with E-state index < -0.39 is 0 Å². The molecule has 0 saturated heterocycles. The Morgan fingerprint density at radius 1 is 1.60 bits per heavy atom. The number of hydrogen-bond acceptors (Lipinski definition) is 3. The average molecular weight is 241 g/mol. The Kier molecular flexibility index (Phi) is 2.63. The number of nitrogens with zero attached hydrogens (tertiary/aromatic N) is 2. The smallest absolute Gasteiger partial charge is 0.224 e. The van der Waals surface area contributed by atoms with Crippen molar-refractivity contribution in [3.8, 4) is 0 Å². The molecule has 5 heteroatoms. The zero-order valence-corrected chi connectivity index (χ0v) is 9.89. The third-order valence-electron chi connectivity index (χ3n) is 2.17. The molecule has 2 rings (SSSR count). The summed E-state index contributed by atoms with van der Waals surface area (Å²) in [6.45, 7) is 1.90. The van der Waals surface area contributed by atoms with E-state index in [0.717, 1.165) is 5.69 Å². The number of halogens is 1. The van der Waals surface area contributed by atoms with Crippen LogP contribution in [0.5, 0.6) is 0 Å². The lowest BCUT2D eigenvalue weighted by molar-refractivity contribution is 0.103. The Balaban J connectivity index is 2.41. The predicted molar refractivity (Wildman–Crippen MR) is 60.7 cm³/mol. The molecule has 78 valence electrons. The van der Waals surface area contributed by atoms with Gasteiger partial charge in [0.25, 0.3) is 0 Å². The molecule has 15 heavy (non-hydrogen) atoms. The molecule has 2 aromatic rings. The first-order valence-corrected chi connectivity index (χ1v) is 5.63. The van der Waals surface area contributed by atoms with Gasteiger partial charge in [-0.3, -0.25) is 9.48 Å². The summed E-state index contributed by atoms with van der Waals surface area (Å²) in [5.74, 6) is -0.112. The van der Waals surface area contributed by atoms with E-state index in [1.54, 1.807) is 22.2 Å². The van der Waals surface area contributed by atoms with Gasteiger partial charge in [0.05, 0.1) is 9.90 Å². The van der Waals surface area contributed by atoms with E-state index in [1.807, 2.05) is 14.0 Å². The standard InChI is InChI=1S/C10H9ClN2OS/c1-6-5-8(12-13(6)2)9(14)10-7(11)3-4-15-10/h3-5H,1-2H3. The molecule has 0 unspecified atom stereocenters. The quantitative estimate of drug-likeness (QED) is 0.757. The van der Waals surface area contributed by atoms with Crippen LogP contribution in [0.1, 0.15) is 21.1 Å². The molecule has 0 aliphatic heterocycles. The Morgan fingerprint density at radius 2 is 2.33 bits per heavy atom. The lowest BCUT2D eigenvalue weighted by Crippen LogP contribution is -2.01. The summed E-state index contributed by atoms with van der Waals surface area (Å²) in [7, 11) is 1.81. The molecule has 0 aliphatic rings. The van der Waals surface area contributed by atoms with E-state index >= 15 is 0 Å². The van der Waals surface area contributed by atoms with Crippen molar-refractivity contribution in [1.82, 2.24) is 9.78 Å². The zero-order valence-electron chi connectivity index (χ0n) is 8.32. The minimum Gasteiger partial charge on any atom is -0.286 e. The van der Waals surface area contributed by atoms with Crippen LogP contribution >= 0.6 is 22.9 Å². The number of thiophene rings is 1. The van der Waals surface area contributed by atoms with Gasteiger partial charge in [-0.05, 0) is 24.4 Å². The van der Waals surface area contributed by atoms with Crippen molar-refractivity contribution in [3.05, 3.63) is 38.8 Å². The third kappa shape index (κ3) is 1.82. The summed E-state index contributed by atoms with van der Waals surface area (Å²) >= 11 is 7.22. The number of aromatic nitrogens is 2. The van der Waals surface area contributed by atoms with Crippen molar-refractivity contribution in [2.24, 2.45) is 7.05 Å². The fourth-order valence-electron chi connectivity index (χ4n) is 1.24. The summed E-state index contributed by atoms with van der Waals surface area (Å²) in [6.07, 6.45) is 0. The first-order valence-electron chi connectivity index (χ1n) is 4.38. The van der Waals surface area contributed by atoms with Crippen LogP contribution in [0.2, 0.25) is 5.02 Å². The zero-order chi connectivity index (χ0) is 11.0. The maximum Gasteiger partial charge on any atom is 0.224 e. The van der Waals surface area contributed by atoms with Crippen molar-refractivity contribution in [2.75, 3.05) is 0 Å². The van der Waals surface area contributed by atoms with E-state index in [-0.39, 0.29) is 5.78 Å². The van der Waals surface area contributed by atoms with Crippen LogP contribution in [-0.4, -0.2) is 15.6 Å². The molecule has 2 aromatic heterocycles. The molecule has 0 aromatic carbocycles. The topological polar surface area (TPSA) is 34.9 Å². The van der Waals surface area contributed by atoms with E-state index in [0.29, 0.717) is 15.6 Å². The second-order valence-electron chi connectivity index (χ2n) is 3.22. The molecule has 0 saturated carbocycles. The number of hydrogen-bond donors (Lipinski definition) is 0. The molecule has 2 heterocycles. The van der Waals surface area contributed by atoms with Gasteiger partial charge in [-0.2, -0.15) is 5.10 Å². The normalized spacial score (nSPS) is 10.6. The van der Waals surface area contributed by atoms with Crippen LogP contribution in [0.15, 0.2) is 17.5 Å². The number of aryl methyl sites for hydroxylation is 2. The summed E-state index contributed by atoms with van der Waals surface area (Å²) < 4.78 is 1.68. The summed E-state index contributed by atoms with van der Waals surface area (Å²) in [5.41, 5.74) is 1.39. The number of carbonyl (C=O) groups excluding carboxylic acids is 1. The maximum absolute atomic E-state index is 11.9. The van der Waals surface area contributed by atoms with Crippen LogP contribution in [0.4, 0.5) is 0 Å². The van der Waals surface area contributed by atoms with Crippen molar-refractivity contribution < 1.29 is 4.79 Å². The predicted octanol–water partition coefficient (Wildman–Crippen LogP) is 2.67. The molecule has 3 nitrogen and oxygen atoms in total. The van der Waals surface area contributed by atoms with Gasteiger partial charge < -0.3 is 0 Å². The van der Waals surface area contributed by atoms with Crippen LogP contribution in [0.25, 0.3) is 0 Å². The summed E-state index contributed by atoms with van der Waals surface area (Å²) in [6, 6.07) is 3.48. The average Bonchev–Trinajstić information content (AvgIpc) is 2.74. The highest BCUT2D eigenvalue weighted by atomic mass is 35.5. The molecule has 0 radical (unpaired) electrons. The first kappa shape index (κ1) is 10.4. The van der Waals surface area contributed by atoms with E-state index in [9.17, 15) is 4.79 Å². The fraction of sp³-hybridized carbons (Fsp3) is 0.200. The Bertz CT molecular complexity index is 496. The molecule has 0 amide bonds. The van der Waals surface area contributed by atoms with E-state index in [2.05, 4.69) is 5.10 Å². The highest BCUT2D eigenvalue weighted by molar-refractivity contribution is 7.13. The highest BCUT2D eigenvalue weighted by Gasteiger charge is 2.17. The minimum atomic E-state index is -0.112. The Hall–Kier alpha value is -1.13. The largest absolute Gasteiger partial charge is 0.286 e. The number of rotatable bonds is 2. The lowest BCUT2D eigenvalue weighted by Gasteiger charge is -1.93. The summed E-state index contributed by atoms with van der Waals surface area (Å²) in [5, 5.41) is 6.41. The number of ketones is 1. The minimum absolute atomic E-state index is 0.112. The Morgan fingerprint density at radius 3 is 2.80 bits per heavy atom. The highest BCUT2D eigenvalue weighted by Crippen LogP contribution is 2.24. The molecule has 0 N–H and O–H groups in total. The van der Waals surface area contributed by atoms with Crippen LogP contribution in [0, 0.1) is 6.92 Å². The van der Waals surface area contributed by atoms with Crippen LogP contribution in [-0.2, 0) is 7.05 Å². The van der Waals surface area contributed by atoms with Crippen LogP contribution in [0.3, 0.4) is 0 Å². The molecule has 0 spiro atoms. The van der Waals surface area contributed by atoms with Gasteiger partial charge in [-0.25, -0.2) is 0 Å². The molecule has 0 fully saturated rings. The third-order valence-corrected chi connectivity index (χ3v) is 3.51. The van der Waals surface area contributed by atoms with Gasteiger partial charge in [0.15, 0.2) is 0 Å². The van der Waals surface area contributed by atoms with Gasteiger partial charge in [0.2, 0.25) is 5.78 Å². The van der Waals surface area contributed by atoms with Crippen molar-refractivity contribution in [1.29, 1.82) is 0 Å². The van der Waals surface area contributed by atoms with Crippen molar-refractivity contribution >= 4 is 28.7 Å². The summed E-state index contributed by atoms with van der Waals surface area (Å²) in [4.78, 5) is 12.5. The molecular weight excluding hydrogens is 232 g/mol. The number of carbonyl (C=O) groups is 1. The van der Waals surface area contributed by atoms with E-state index in [1.165, 1.54) is 11.3 Å². The van der Waals surface area contributed by atoms with Crippen molar-refractivity contribution in [2.45, 2.75) is 6.92 Å². The second kappa shape index (κ2) is 3.79. The second-order valence-corrected chi connectivity index (χ2v) is 4.54. The van der Waals surface area contributed by atoms with Gasteiger partial charge in [-0.15, -0.1) is 11.3 Å². The molecule has 0 bridgehead atoms. The van der Waals surface area contributed by atoms with Gasteiger partial charge in [-0.1, -0.05) is 11.6 Å². The van der Waals surface area contributed by atoms with Crippen LogP contribution < -0.4 is 0 Å². The van der Waals surface area contributed by atoms with E-state index in [4.69, 9.17) is 11.6 Å². The maximum atomic E-state index is 11.9. The molecule has 0 atom stereocenters. The monoisotopic (exact) mass is 240 g/mol. The molecular formula is C10H9ClN2OS.